The molecule has 2 aromatic carbocycles. The molecule has 6 rings (SSSR count). The van der Waals surface area contributed by atoms with Crippen molar-refractivity contribution in [3.63, 3.8) is 0 Å². The van der Waals surface area contributed by atoms with E-state index in [2.05, 4.69) is 50.3 Å². The molecule has 0 unspecified atom stereocenters. The topological polar surface area (TPSA) is 104 Å². The summed E-state index contributed by atoms with van der Waals surface area (Å²) in [6.45, 7) is 2.59. The number of carbonyl (C=O) groups is 2. The first-order valence-corrected chi connectivity index (χ1v) is 14.7. The lowest BCUT2D eigenvalue weighted by molar-refractivity contribution is -0.137. The summed E-state index contributed by atoms with van der Waals surface area (Å²) in [6, 6.07) is 16.6. The summed E-state index contributed by atoms with van der Waals surface area (Å²) >= 11 is 1.69. The first-order valence-electron chi connectivity index (χ1n) is 13.9. The molecule has 0 aliphatic carbocycles. The Kier molecular flexibility index (Phi) is 7.52. The second kappa shape index (κ2) is 11.1. The van der Waals surface area contributed by atoms with E-state index in [1.165, 1.54) is 6.07 Å². The number of likely N-dealkylation sites (tertiary alicyclic amines) is 1. The molecule has 42 heavy (non-hydrogen) atoms. The lowest BCUT2D eigenvalue weighted by Gasteiger charge is -2.37. The van der Waals surface area contributed by atoms with Crippen LogP contribution in [0.15, 0.2) is 65.7 Å². The molecule has 3 aliphatic heterocycles. The van der Waals surface area contributed by atoms with Crippen molar-refractivity contribution in [1.29, 1.82) is 0 Å². The van der Waals surface area contributed by atoms with E-state index in [-0.39, 0.29) is 11.9 Å². The standard InChI is InChI=1S/C30H31F3N6O2S/c31-30(32,33)21-4-8-26(35-18-21)36-22-9-13-39(14-10-22)42-23-5-1-19(2-6-23)20-3-7-25-24(17-20)29(27(40)37-25)11-15-38(16-12-29)28(34)41/h1-8,17-18,22H,9-16H2,(H2,34,41)(H,35,36)(H,37,40). The lowest BCUT2D eigenvalue weighted by Crippen LogP contribution is -2.49. The van der Waals surface area contributed by atoms with Crippen LogP contribution in [0.25, 0.3) is 11.1 Å². The van der Waals surface area contributed by atoms with Crippen molar-refractivity contribution in [3.05, 3.63) is 71.9 Å². The van der Waals surface area contributed by atoms with Gasteiger partial charge in [-0.3, -0.25) is 4.79 Å². The van der Waals surface area contributed by atoms with E-state index in [9.17, 15) is 22.8 Å². The smallest absolute Gasteiger partial charge is 0.367 e. The Hall–Kier alpha value is -3.77. The largest absolute Gasteiger partial charge is 0.417 e. The molecule has 2 fully saturated rings. The number of urea groups is 1. The first kappa shape index (κ1) is 28.4. The summed E-state index contributed by atoms with van der Waals surface area (Å²) in [5.74, 6) is 0.443. The molecule has 1 spiro atoms. The Balaban J connectivity index is 1.05. The van der Waals surface area contributed by atoms with E-state index in [0.717, 1.165) is 65.5 Å². The molecule has 4 N–H and O–H groups in total. The molecule has 0 saturated carbocycles. The Labute approximate surface area is 246 Å². The number of fused-ring (bicyclic) bond motifs is 2. The SMILES string of the molecule is NC(=O)N1CCC2(CC1)C(=O)Nc1ccc(-c3ccc(SN4CCC(Nc5ccc(C(F)(F)F)cn5)CC4)cc3)cc12. The Morgan fingerprint density at radius 3 is 2.31 bits per heavy atom. The predicted molar refractivity (Wildman–Crippen MR) is 156 cm³/mol. The van der Waals surface area contributed by atoms with Crippen molar-refractivity contribution in [1.82, 2.24) is 14.2 Å². The number of amides is 3. The number of nitrogens with zero attached hydrogens (tertiary/aromatic N) is 3. The summed E-state index contributed by atoms with van der Waals surface area (Å²) < 4.78 is 40.6. The van der Waals surface area contributed by atoms with E-state index >= 15 is 0 Å². The van der Waals surface area contributed by atoms with E-state index in [1.54, 1.807) is 16.8 Å². The molecule has 0 radical (unpaired) electrons. The minimum Gasteiger partial charge on any atom is -0.367 e. The Bertz CT molecular complexity index is 1470. The number of piperidine rings is 2. The molecular formula is C30H31F3N6O2S. The number of hydrogen-bond donors (Lipinski definition) is 3. The first-order chi connectivity index (χ1) is 20.1. The van der Waals surface area contributed by atoms with Gasteiger partial charge >= 0.3 is 12.2 Å². The zero-order valence-electron chi connectivity index (χ0n) is 22.8. The number of alkyl halides is 3. The molecule has 1 aromatic heterocycles. The minimum atomic E-state index is -4.39. The molecular weight excluding hydrogens is 565 g/mol. The number of pyridine rings is 1. The number of halogens is 3. The van der Waals surface area contributed by atoms with Gasteiger partial charge in [-0.15, -0.1) is 0 Å². The highest BCUT2D eigenvalue weighted by atomic mass is 32.2. The third-order valence-corrected chi connectivity index (χ3v) is 9.57. The third kappa shape index (κ3) is 5.65. The van der Waals surface area contributed by atoms with Crippen LogP contribution in [0.4, 0.5) is 29.5 Å². The number of nitrogens with two attached hydrogens (primary N) is 1. The van der Waals surface area contributed by atoms with Crippen LogP contribution < -0.4 is 16.4 Å². The van der Waals surface area contributed by atoms with Crippen molar-refractivity contribution >= 4 is 35.4 Å². The van der Waals surface area contributed by atoms with E-state index in [4.69, 9.17) is 5.73 Å². The van der Waals surface area contributed by atoms with Gasteiger partial charge in [0.25, 0.3) is 0 Å². The van der Waals surface area contributed by atoms with Gasteiger partial charge in [-0.05, 0) is 90.7 Å². The van der Waals surface area contributed by atoms with Gasteiger partial charge in [0, 0.05) is 49.0 Å². The van der Waals surface area contributed by atoms with Crippen LogP contribution >= 0.6 is 11.9 Å². The monoisotopic (exact) mass is 596 g/mol. The number of anilines is 2. The molecule has 12 heteroatoms. The van der Waals surface area contributed by atoms with E-state index in [1.807, 2.05) is 12.1 Å². The minimum absolute atomic E-state index is 0.0138. The van der Waals surface area contributed by atoms with Crippen LogP contribution in [-0.4, -0.2) is 58.3 Å². The molecule has 0 bridgehead atoms. The lowest BCUT2D eigenvalue weighted by atomic mass is 9.73. The number of primary amides is 1. The number of hydrogen-bond acceptors (Lipinski definition) is 6. The fourth-order valence-corrected chi connectivity index (χ4v) is 6.95. The molecule has 3 aliphatic rings. The summed E-state index contributed by atoms with van der Waals surface area (Å²) in [4.78, 5) is 31.3. The average Bonchev–Trinajstić information content (AvgIpc) is 3.24. The van der Waals surface area contributed by atoms with Gasteiger partial charge in [-0.1, -0.05) is 18.2 Å². The van der Waals surface area contributed by atoms with Gasteiger partial charge in [-0.2, -0.15) is 13.2 Å². The fourth-order valence-electron chi connectivity index (χ4n) is 6.00. The molecule has 3 amide bonds. The highest BCUT2D eigenvalue weighted by Crippen LogP contribution is 2.46. The van der Waals surface area contributed by atoms with Crippen LogP contribution in [0.3, 0.4) is 0 Å². The number of nitrogens with one attached hydrogen (secondary N) is 2. The summed E-state index contributed by atoms with van der Waals surface area (Å²) in [7, 11) is 0. The maximum Gasteiger partial charge on any atom is 0.417 e. The van der Waals surface area contributed by atoms with Crippen molar-refractivity contribution in [3.8, 4) is 11.1 Å². The Morgan fingerprint density at radius 1 is 1.00 bits per heavy atom. The molecule has 0 atom stereocenters. The second-order valence-electron chi connectivity index (χ2n) is 11.0. The fraction of sp³-hybridized carbons (Fsp3) is 0.367. The zero-order chi connectivity index (χ0) is 29.5. The molecule has 8 nitrogen and oxygen atoms in total. The number of rotatable bonds is 5. The van der Waals surface area contributed by atoms with Gasteiger partial charge < -0.3 is 21.3 Å². The van der Waals surface area contributed by atoms with Crippen LogP contribution in [0.5, 0.6) is 0 Å². The summed E-state index contributed by atoms with van der Waals surface area (Å²) in [5, 5.41) is 6.28. The highest BCUT2D eigenvalue weighted by Gasteiger charge is 2.49. The number of aromatic nitrogens is 1. The number of benzene rings is 2. The molecule has 2 saturated heterocycles. The van der Waals surface area contributed by atoms with Crippen LogP contribution in [0.1, 0.15) is 36.8 Å². The van der Waals surface area contributed by atoms with Gasteiger partial charge in [0.05, 0.1) is 11.0 Å². The van der Waals surface area contributed by atoms with Crippen LogP contribution in [0, 0.1) is 0 Å². The second-order valence-corrected chi connectivity index (χ2v) is 12.2. The molecule has 220 valence electrons. The maximum absolute atomic E-state index is 13.0. The molecule has 3 aromatic rings. The van der Waals surface area contributed by atoms with E-state index < -0.39 is 23.2 Å². The highest BCUT2D eigenvalue weighted by molar-refractivity contribution is 7.97. The maximum atomic E-state index is 13.0. The molecule has 4 heterocycles. The summed E-state index contributed by atoms with van der Waals surface area (Å²) in [6.07, 6.45) is -0.728. The van der Waals surface area contributed by atoms with Gasteiger partial charge in [0.1, 0.15) is 5.82 Å². The summed E-state index contributed by atoms with van der Waals surface area (Å²) in [5.41, 5.74) is 7.95. The van der Waals surface area contributed by atoms with Crippen molar-refractivity contribution in [2.75, 3.05) is 36.8 Å². The van der Waals surface area contributed by atoms with Gasteiger partial charge in [0.2, 0.25) is 5.91 Å². The van der Waals surface area contributed by atoms with Crippen molar-refractivity contribution in [2.45, 2.75) is 48.2 Å². The zero-order valence-corrected chi connectivity index (χ0v) is 23.6. The van der Waals surface area contributed by atoms with E-state index in [0.29, 0.717) is 31.7 Å². The third-order valence-electron chi connectivity index (χ3n) is 8.47. The van der Waals surface area contributed by atoms with Gasteiger partial charge in [0.15, 0.2) is 0 Å². The average molecular weight is 597 g/mol. The normalized spacial score (nSPS) is 19.0. The Morgan fingerprint density at radius 2 is 1.69 bits per heavy atom. The quantitative estimate of drug-likeness (QED) is 0.326. The van der Waals surface area contributed by atoms with Gasteiger partial charge in [-0.25, -0.2) is 14.1 Å². The predicted octanol–water partition coefficient (Wildman–Crippen LogP) is 5.72. The van der Waals surface area contributed by atoms with Crippen LogP contribution in [0.2, 0.25) is 0 Å². The van der Waals surface area contributed by atoms with Crippen LogP contribution in [-0.2, 0) is 16.4 Å². The van der Waals surface area contributed by atoms with Crippen molar-refractivity contribution < 1.29 is 22.8 Å². The van der Waals surface area contributed by atoms with Crippen molar-refractivity contribution in [2.24, 2.45) is 5.73 Å². The number of carbonyl (C=O) groups excluding carboxylic acids is 2.